The Balaban J connectivity index is 2.33. The highest BCUT2D eigenvalue weighted by atomic mass is 32.2. The van der Waals surface area contributed by atoms with Gasteiger partial charge in [-0.2, -0.15) is 4.31 Å². The van der Waals surface area contributed by atoms with E-state index in [1.54, 1.807) is 0 Å². The van der Waals surface area contributed by atoms with Crippen LogP contribution in [0, 0.1) is 11.6 Å². The molecule has 4 nitrogen and oxygen atoms in total. The summed E-state index contributed by atoms with van der Waals surface area (Å²) in [6.07, 6.45) is 0. The second-order valence-electron chi connectivity index (χ2n) is 3.73. The normalized spacial score (nSPS) is 18.2. The lowest BCUT2D eigenvalue weighted by Crippen LogP contribution is -2.46. The zero-order valence-electron chi connectivity index (χ0n) is 8.99. The minimum atomic E-state index is -3.71. The summed E-state index contributed by atoms with van der Waals surface area (Å²) in [6.45, 7) is 1.79. The van der Waals surface area contributed by atoms with Crippen LogP contribution in [0.5, 0.6) is 0 Å². The van der Waals surface area contributed by atoms with Gasteiger partial charge >= 0.3 is 0 Å². The average Bonchev–Trinajstić information content (AvgIpc) is 2.33. The number of hydrogen-bond acceptors (Lipinski definition) is 3. The number of halogens is 2. The molecular weight excluding hydrogens is 250 g/mol. The van der Waals surface area contributed by atoms with E-state index < -0.39 is 21.7 Å². The molecule has 0 atom stereocenters. The van der Waals surface area contributed by atoms with E-state index in [-0.39, 0.29) is 4.90 Å². The SMILES string of the molecule is O=S(=O)(c1ccc(F)c(F)c1)N1CCNCC1. The van der Waals surface area contributed by atoms with Crippen molar-refractivity contribution in [3.05, 3.63) is 29.8 Å². The van der Waals surface area contributed by atoms with Crippen LogP contribution in [-0.2, 0) is 10.0 Å². The van der Waals surface area contributed by atoms with E-state index in [0.717, 1.165) is 12.1 Å². The van der Waals surface area contributed by atoms with Crippen LogP contribution in [0.15, 0.2) is 23.1 Å². The molecule has 1 saturated heterocycles. The van der Waals surface area contributed by atoms with Gasteiger partial charge in [0.15, 0.2) is 11.6 Å². The predicted molar refractivity (Wildman–Crippen MR) is 58.0 cm³/mol. The first-order valence-corrected chi connectivity index (χ1v) is 6.62. The van der Waals surface area contributed by atoms with Crippen molar-refractivity contribution < 1.29 is 17.2 Å². The Bertz CT molecular complexity index is 513. The lowest BCUT2D eigenvalue weighted by Gasteiger charge is -2.26. The molecule has 0 aliphatic carbocycles. The summed E-state index contributed by atoms with van der Waals surface area (Å²) in [5.74, 6) is -2.20. The number of sulfonamides is 1. The van der Waals surface area contributed by atoms with Gasteiger partial charge in [-0.15, -0.1) is 0 Å². The van der Waals surface area contributed by atoms with E-state index in [9.17, 15) is 17.2 Å². The highest BCUT2D eigenvalue weighted by Gasteiger charge is 2.26. The molecule has 0 amide bonds. The van der Waals surface area contributed by atoms with Crippen molar-refractivity contribution in [3.8, 4) is 0 Å². The maximum absolute atomic E-state index is 13.0. The molecular formula is C10H12F2N2O2S. The molecule has 0 spiro atoms. The lowest BCUT2D eigenvalue weighted by atomic mass is 10.3. The molecule has 1 fully saturated rings. The monoisotopic (exact) mass is 262 g/mol. The second kappa shape index (κ2) is 4.67. The molecule has 1 aromatic rings. The number of hydrogen-bond donors (Lipinski definition) is 1. The summed E-state index contributed by atoms with van der Waals surface area (Å²) in [5.41, 5.74) is 0. The topological polar surface area (TPSA) is 49.4 Å². The molecule has 0 aromatic heterocycles. The summed E-state index contributed by atoms with van der Waals surface area (Å²) in [6, 6.07) is 2.62. The molecule has 0 saturated carbocycles. The molecule has 1 heterocycles. The molecule has 0 radical (unpaired) electrons. The van der Waals surface area contributed by atoms with E-state index in [0.29, 0.717) is 32.2 Å². The van der Waals surface area contributed by atoms with Gasteiger partial charge in [-0.05, 0) is 18.2 Å². The molecule has 0 unspecified atom stereocenters. The summed E-state index contributed by atoms with van der Waals surface area (Å²) in [4.78, 5) is -0.210. The van der Waals surface area contributed by atoms with Crippen LogP contribution in [0.1, 0.15) is 0 Å². The fourth-order valence-electron chi connectivity index (χ4n) is 1.67. The van der Waals surface area contributed by atoms with Crippen LogP contribution in [0.25, 0.3) is 0 Å². The zero-order chi connectivity index (χ0) is 12.5. The minimum Gasteiger partial charge on any atom is -0.314 e. The van der Waals surface area contributed by atoms with Crippen molar-refractivity contribution in [1.29, 1.82) is 0 Å². The molecule has 2 rings (SSSR count). The summed E-state index contributed by atoms with van der Waals surface area (Å²) in [5, 5.41) is 3.02. The Hall–Kier alpha value is -1.05. The Morgan fingerprint density at radius 3 is 2.35 bits per heavy atom. The van der Waals surface area contributed by atoms with Crippen LogP contribution < -0.4 is 5.32 Å². The summed E-state index contributed by atoms with van der Waals surface area (Å²) >= 11 is 0. The van der Waals surface area contributed by atoms with Gasteiger partial charge in [0.05, 0.1) is 4.90 Å². The first kappa shape index (κ1) is 12.4. The third-order valence-corrected chi connectivity index (χ3v) is 4.50. The van der Waals surface area contributed by atoms with Crippen LogP contribution in [0.4, 0.5) is 8.78 Å². The maximum Gasteiger partial charge on any atom is 0.243 e. The molecule has 7 heteroatoms. The Morgan fingerprint density at radius 2 is 1.76 bits per heavy atom. The van der Waals surface area contributed by atoms with Gasteiger partial charge in [0.2, 0.25) is 10.0 Å². The second-order valence-corrected chi connectivity index (χ2v) is 5.67. The number of benzene rings is 1. The van der Waals surface area contributed by atoms with Crippen LogP contribution in [0.3, 0.4) is 0 Å². The number of rotatable bonds is 2. The van der Waals surface area contributed by atoms with Crippen LogP contribution in [0.2, 0.25) is 0 Å². The third kappa shape index (κ3) is 2.46. The molecule has 1 N–H and O–H groups in total. The van der Waals surface area contributed by atoms with Crippen molar-refractivity contribution in [2.75, 3.05) is 26.2 Å². The van der Waals surface area contributed by atoms with Gasteiger partial charge in [0, 0.05) is 26.2 Å². The number of piperazine rings is 1. The van der Waals surface area contributed by atoms with Crippen molar-refractivity contribution >= 4 is 10.0 Å². The van der Waals surface area contributed by atoms with Crippen molar-refractivity contribution in [2.45, 2.75) is 4.90 Å². The number of nitrogens with one attached hydrogen (secondary N) is 1. The molecule has 17 heavy (non-hydrogen) atoms. The maximum atomic E-state index is 13.0. The summed E-state index contributed by atoms with van der Waals surface area (Å²) in [7, 11) is -3.71. The predicted octanol–water partition coefficient (Wildman–Crippen LogP) is 0.559. The van der Waals surface area contributed by atoms with Gasteiger partial charge in [-0.3, -0.25) is 0 Å². The third-order valence-electron chi connectivity index (χ3n) is 2.60. The molecule has 1 aromatic carbocycles. The molecule has 1 aliphatic heterocycles. The first-order chi connectivity index (χ1) is 8.01. The highest BCUT2D eigenvalue weighted by molar-refractivity contribution is 7.89. The average molecular weight is 262 g/mol. The van der Waals surface area contributed by atoms with Crippen molar-refractivity contribution in [1.82, 2.24) is 9.62 Å². The molecule has 0 bridgehead atoms. The quantitative estimate of drug-likeness (QED) is 0.847. The van der Waals surface area contributed by atoms with Gasteiger partial charge in [-0.1, -0.05) is 0 Å². The number of nitrogens with zero attached hydrogens (tertiary/aromatic N) is 1. The van der Waals surface area contributed by atoms with Gasteiger partial charge in [0.25, 0.3) is 0 Å². The van der Waals surface area contributed by atoms with Crippen LogP contribution in [-0.4, -0.2) is 38.9 Å². The summed E-state index contributed by atoms with van der Waals surface area (Å²) < 4.78 is 51.1. The van der Waals surface area contributed by atoms with E-state index in [4.69, 9.17) is 0 Å². The fourth-order valence-corrected chi connectivity index (χ4v) is 3.12. The van der Waals surface area contributed by atoms with Gasteiger partial charge < -0.3 is 5.32 Å². The largest absolute Gasteiger partial charge is 0.314 e. The zero-order valence-corrected chi connectivity index (χ0v) is 9.80. The Kier molecular flexibility index (Phi) is 3.41. The Labute approximate surface area is 98.3 Å². The van der Waals surface area contributed by atoms with E-state index >= 15 is 0 Å². The molecule has 94 valence electrons. The van der Waals surface area contributed by atoms with Gasteiger partial charge in [-0.25, -0.2) is 17.2 Å². The smallest absolute Gasteiger partial charge is 0.243 e. The highest BCUT2D eigenvalue weighted by Crippen LogP contribution is 2.18. The van der Waals surface area contributed by atoms with E-state index in [2.05, 4.69) is 5.32 Å². The standard InChI is InChI=1S/C10H12F2N2O2S/c11-9-2-1-8(7-10(9)12)17(15,16)14-5-3-13-4-6-14/h1-2,7,13H,3-6H2. The van der Waals surface area contributed by atoms with E-state index in [1.165, 1.54) is 4.31 Å². The van der Waals surface area contributed by atoms with E-state index in [1.807, 2.05) is 0 Å². The van der Waals surface area contributed by atoms with Crippen LogP contribution >= 0.6 is 0 Å². The van der Waals surface area contributed by atoms with Crippen molar-refractivity contribution in [3.63, 3.8) is 0 Å². The molecule has 1 aliphatic rings. The van der Waals surface area contributed by atoms with Crippen molar-refractivity contribution in [2.24, 2.45) is 0 Å². The fraction of sp³-hybridized carbons (Fsp3) is 0.400. The van der Waals surface area contributed by atoms with Gasteiger partial charge in [0.1, 0.15) is 0 Å². The first-order valence-electron chi connectivity index (χ1n) is 5.18. The minimum absolute atomic E-state index is 0.210. The lowest BCUT2D eigenvalue weighted by molar-refractivity contribution is 0.360. The Morgan fingerprint density at radius 1 is 1.12 bits per heavy atom.